The molecule has 4 aromatic rings. The van der Waals surface area contributed by atoms with Gasteiger partial charge in [0.2, 0.25) is 17.5 Å². The predicted octanol–water partition coefficient (Wildman–Crippen LogP) is 0.443. The molecule has 1 saturated heterocycles. The van der Waals surface area contributed by atoms with Crippen LogP contribution in [-0.4, -0.2) is 94.3 Å². The first-order chi connectivity index (χ1) is 20.8. The SMILES string of the molecule is O=C(O[C@H]1[C@H](Oc2c(-c3ccc(O)c(O)c3)oc3cc(O)cc(O)c3c2=O)O[C@H](CO)[C@H](O)[C@@H]1O)c1cc(O)c(O)c(O)c1. The molecule has 5 atom stereocenters. The summed E-state index contributed by atoms with van der Waals surface area (Å²) in [6.07, 6.45) is -9.44. The molecule has 232 valence electrons. The third-order valence-electron chi connectivity index (χ3n) is 6.76. The fraction of sp³-hybridized carbons (Fsp3) is 0.214. The van der Waals surface area contributed by atoms with Gasteiger partial charge in [-0.15, -0.1) is 0 Å². The number of carbonyl (C=O) groups excluding carboxylic acids is 1. The lowest BCUT2D eigenvalue weighted by molar-refractivity contribution is -0.276. The minimum absolute atomic E-state index is 0.0872. The third kappa shape index (κ3) is 5.29. The monoisotopic (exact) mass is 616 g/mol. The fourth-order valence-corrected chi connectivity index (χ4v) is 4.54. The molecule has 0 spiro atoms. The summed E-state index contributed by atoms with van der Waals surface area (Å²) in [4.78, 5) is 26.6. The second-order valence-electron chi connectivity index (χ2n) is 9.69. The van der Waals surface area contributed by atoms with Gasteiger partial charge in [0.25, 0.3) is 0 Å². The van der Waals surface area contributed by atoms with Crippen LogP contribution in [-0.2, 0) is 9.47 Å². The number of esters is 1. The van der Waals surface area contributed by atoms with Crippen LogP contribution in [0.1, 0.15) is 10.4 Å². The van der Waals surface area contributed by atoms with Crippen molar-refractivity contribution in [1.29, 1.82) is 0 Å². The van der Waals surface area contributed by atoms with Gasteiger partial charge in [-0.05, 0) is 30.3 Å². The van der Waals surface area contributed by atoms with Gasteiger partial charge in [-0.1, -0.05) is 0 Å². The highest BCUT2D eigenvalue weighted by molar-refractivity contribution is 5.91. The molecule has 0 radical (unpaired) electrons. The van der Waals surface area contributed by atoms with Gasteiger partial charge in [0.1, 0.15) is 40.8 Å². The zero-order chi connectivity index (χ0) is 32.0. The molecule has 16 heteroatoms. The highest BCUT2D eigenvalue weighted by Crippen LogP contribution is 2.40. The van der Waals surface area contributed by atoms with E-state index in [0.29, 0.717) is 0 Å². The van der Waals surface area contributed by atoms with Crippen LogP contribution >= 0.6 is 0 Å². The molecule has 1 fully saturated rings. The lowest BCUT2D eigenvalue weighted by Gasteiger charge is -2.41. The summed E-state index contributed by atoms with van der Waals surface area (Å²) >= 11 is 0. The van der Waals surface area contributed by atoms with Crippen LogP contribution in [0.5, 0.6) is 46.0 Å². The highest BCUT2D eigenvalue weighted by Gasteiger charge is 2.48. The topological polar surface area (TPSA) is 277 Å². The Morgan fingerprint density at radius 1 is 0.818 bits per heavy atom. The molecule has 0 saturated carbocycles. The second-order valence-corrected chi connectivity index (χ2v) is 9.69. The number of fused-ring (bicyclic) bond motifs is 1. The molecule has 0 bridgehead atoms. The Labute approximate surface area is 244 Å². The maximum atomic E-state index is 13.7. The third-order valence-corrected chi connectivity index (χ3v) is 6.76. The molecule has 5 rings (SSSR count). The maximum absolute atomic E-state index is 13.7. The minimum Gasteiger partial charge on any atom is -0.508 e. The van der Waals surface area contributed by atoms with Crippen LogP contribution in [0.2, 0.25) is 0 Å². The van der Waals surface area contributed by atoms with Crippen molar-refractivity contribution in [3.05, 3.63) is 58.3 Å². The standard InChI is InChI=1S/C28H24O16/c29-8-18-21(37)23(39)26(43-27(40)10-4-15(34)20(36)16(35)5-10)28(42-18)44-25-22(38)19-14(33)6-11(30)7-17(19)41-24(25)9-1-2-12(31)13(32)3-9/h1-7,18,21,23,26,28-37,39H,8H2/t18-,21+,23+,26-,28+/m1/s1. The molecule has 1 aliphatic heterocycles. The van der Waals surface area contributed by atoms with Crippen LogP contribution in [0, 0.1) is 0 Å². The number of hydrogen-bond donors (Lipinski definition) is 10. The average Bonchev–Trinajstić information content (AvgIpc) is 2.97. The van der Waals surface area contributed by atoms with Gasteiger partial charge in [0.05, 0.1) is 12.2 Å². The Hall–Kier alpha value is -5.42. The van der Waals surface area contributed by atoms with Gasteiger partial charge < -0.3 is 69.7 Å². The smallest absolute Gasteiger partial charge is 0.339 e. The molecule has 3 aromatic carbocycles. The van der Waals surface area contributed by atoms with E-state index in [0.717, 1.165) is 36.4 Å². The Morgan fingerprint density at radius 2 is 1.50 bits per heavy atom. The Bertz CT molecular complexity index is 1790. The molecule has 0 amide bonds. The van der Waals surface area contributed by atoms with Crippen LogP contribution < -0.4 is 10.2 Å². The van der Waals surface area contributed by atoms with Gasteiger partial charge in [-0.2, -0.15) is 0 Å². The van der Waals surface area contributed by atoms with Crippen LogP contribution in [0.25, 0.3) is 22.3 Å². The summed E-state index contributed by atoms with van der Waals surface area (Å²) in [6.45, 7) is -0.885. The number of rotatable bonds is 6. The maximum Gasteiger partial charge on any atom is 0.339 e. The Balaban J connectivity index is 1.63. The summed E-state index contributed by atoms with van der Waals surface area (Å²) in [7, 11) is 0. The average molecular weight is 616 g/mol. The largest absolute Gasteiger partial charge is 0.508 e. The number of benzene rings is 3. The fourth-order valence-electron chi connectivity index (χ4n) is 4.54. The number of phenols is 7. The molecule has 16 nitrogen and oxygen atoms in total. The summed E-state index contributed by atoms with van der Waals surface area (Å²) in [5, 5.41) is 99.8. The number of ether oxygens (including phenoxy) is 3. The molecule has 2 heterocycles. The number of carbonyl (C=O) groups is 1. The van der Waals surface area contributed by atoms with Crippen molar-refractivity contribution in [3.63, 3.8) is 0 Å². The van der Waals surface area contributed by atoms with Crippen LogP contribution in [0.15, 0.2) is 51.7 Å². The summed E-state index contributed by atoms with van der Waals surface area (Å²) < 4.78 is 22.3. The number of hydrogen-bond acceptors (Lipinski definition) is 16. The van der Waals surface area contributed by atoms with Crippen LogP contribution in [0.4, 0.5) is 0 Å². The molecular formula is C28H24O16. The van der Waals surface area contributed by atoms with E-state index < -0.39 is 111 Å². The molecule has 0 aliphatic carbocycles. The molecule has 44 heavy (non-hydrogen) atoms. The number of aliphatic hydroxyl groups excluding tert-OH is 3. The zero-order valence-corrected chi connectivity index (χ0v) is 22.1. The van der Waals surface area contributed by atoms with Gasteiger partial charge in [-0.3, -0.25) is 4.79 Å². The van der Waals surface area contributed by atoms with E-state index in [-0.39, 0.29) is 11.1 Å². The Morgan fingerprint density at radius 3 is 2.14 bits per heavy atom. The van der Waals surface area contributed by atoms with Crippen molar-refractivity contribution in [1.82, 2.24) is 0 Å². The second kappa shape index (κ2) is 11.3. The Kier molecular flexibility index (Phi) is 7.75. The first-order valence-electron chi connectivity index (χ1n) is 12.6. The minimum atomic E-state index is -2.03. The highest BCUT2D eigenvalue weighted by atomic mass is 16.7. The number of phenolic OH excluding ortho intramolecular Hbond substituents is 7. The predicted molar refractivity (Wildman–Crippen MR) is 144 cm³/mol. The van der Waals surface area contributed by atoms with E-state index in [2.05, 4.69) is 0 Å². The molecule has 0 unspecified atom stereocenters. The van der Waals surface area contributed by atoms with Crippen LogP contribution in [0.3, 0.4) is 0 Å². The van der Waals surface area contributed by atoms with Crippen molar-refractivity contribution in [2.75, 3.05) is 6.61 Å². The first-order valence-corrected chi connectivity index (χ1v) is 12.6. The van der Waals surface area contributed by atoms with Crippen molar-refractivity contribution in [3.8, 4) is 57.3 Å². The molecule has 1 aromatic heterocycles. The molecule has 1 aliphatic rings. The summed E-state index contributed by atoms with van der Waals surface area (Å²) in [6, 6.07) is 6.51. The first kappa shape index (κ1) is 30.1. The van der Waals surface area contributed by atoms with Gasteiger partial charge >= 0.3 is 5.97 Å². The number of aromatic hydroxyl groups is 7. The quantitative estimate of drug-likeness (QED) is 0.104. The van der Waals surface area contributed by atoms with Crippen molar-refractivity contribution in [2.24, 2.45) is 0 Å². The van der Waals surface area contributed by atoms with Crippen molar-refractivity contribution < 1.29 is 74.5 Å². The van der Waals surface area contributed by atoms with E-state index in [9.17, 15) is 60.7 Å². The van der Waals surface area contributed by atoms with Gasteiger partial charge in [-0.25, -0.2) is 4.79 Å². The van der Waals surface area contributed by atoms with E-state index in [1.165, 1.54) is 6.07 Å². The van der Waals surface area contributed by atoms with E-state index in [1.54, 1.807) is 0 Å². The lowest BCUT2D eigenvalue weighted by Crippen LogP contribution is -2.61. The van der Waals surface area contributed by atoms with Gasteiger partial charge in [0.15, 0.2) is 40.6 Å². The normalized spacial score (nSPS) is 21.7. The van der Waals surface area contributed by atoms with Gasteiger partial charge in [0, 0.05) is 17.7 Å². The summed E-state index contributed by atoms with van der Waals surface area (Å²) in [5.41, 5.74) is -2.05. The van der Waals surface area contributed by atoms with E-state index >= 15 is 0 Å². The van der Waals surface area contributed by atoms with Crippen molar-refractivity contribution >= 4 is 16.9 Å². The van der Waals surface area contributed by atoms with Crippen molar-refractivity contribution in [2.45, 2.75) is 30.7 Å². The molecular weight excluding hydrogens is 592 g/mol. The number of aliphatic hydroxyl groups is 3. The van der Waals surface area contributed by atoms with E-state index in [4.69, 9.17) is 18.6 Å². The summed E-state index contributed by atoms with van der Waals surface area (Å²) in [5.74, 6) is -7.70. The lowest BCUT2D eigenvalue weighted by atomic mass is 9.99. The zero-order valence-electron chi connectivity index (χ0n) is 22.1. The van der Waals surface area contributed by atoms with E-state index in [1.807, 2.05) is 0 Å². The molecule has 10 N–H and O–H groups in total.